The van der Waals surface area contributed by atoms with Crippen molar-refractivity contribution in [3.8, 4) is 0 Å². The number of nitrogens with zero attached hydrogens (tertiary/aromatic N) is 1. The molecule has 1 aliphatic carbocycles. The number of aromatic nitrogens is 1. The summed E-state index contributed by atoms with van der Waals surface area (Å²) in [5.41, 5.74) is 0.955. The summed E-state index contributed by atoms with van der Waals surface area (Å²) in [4.78, 5) is 3.99. The van der Waals surface area contributed by atoms with Crippen LogP contribution < -0.4 is 0 Å². The number of ether oxygens (including phenoxy) is 1. The van der Waals surface area contributed by atoms with Crippen molar-refractivity contribution in [3.63, 3.8) is 0 Å². The summed E-state index contributed by atoms with van der Waals surface area (Å²) in [6.07, 6.45) is 6.45. The van der Waals surface area contributed by atoms with Gasteiger partial charge in [-0.2, -0.15) is 0 Å². The van der Waals surface area contributed by atoms with Gasteiger partial charge < -0.3 is 4.74 Å². The summed E-state index contributed by atoms with van der Waals surface area (Å²) in [5, 5.41) is 0.142. The third kappa shape index (κ3) is 4.03. The second-order valence-corrected chi connectivity index (χ2v) is 7.72. The second-order valence-electron chi connectivity index (χ2n) is 5.66. The largest absolute Gasteiger partial charge is 0.377 e. The van der Waals surface area contributed by atoms with E-state index in [0.717, 1.165) is 12.0 Å². The Balaban J connectivity index is 1.87. The van der Waals surface area contributed by atoms with Gasteiger partial charge in [0, 0.05) is 6.20 Å². The van der Waals surface area contributed by atoms with Gasteiger partial charge in [0.05, 0.1) is 18.5 Å². The molecule has 20 heavy (non-hydrogen) atoms. The van der Waals surface area contributed by atoms with Crippen LogP contribution in [0.1, 0.15) is 38.2 Å². The van der Waals surface area contributed by atoms with Crippen molar-refractivity contribution in [2.45, 2.75) is 50.7 Å². The van der Waals surface area contributed by atoms with Crippen molar-refractivity contribution in [1.29, 1.82) is 0 Å². The van der Waals surface area contributed by atoms with E-state index in [4.69, 9.17) is 4.74 Å². The quantitative estimate of drug-likeness (QED) is 0.838. The summed E-state index contributed by atoms with van der Waals surface area (Å²) in [5.74, 6) is 0.538. The molecule has 2 rings (SSSR count). The van der Waals surface area contributed by atoms with E-state index < -0.39 is 9.84 Å². The van der Waals surface area contributed by atoms with Crippen molar-refractivity contribution >= 4 is 9.84 Å². The zero-order chi connectivity index (χ0) is 14.6. The van der Waals surface area contributed by atoms with Crippen LogP contribution >= 0.6 is 0 Å². The average Bonchev–Trinajstić information content (AvgIpc) is 2.41. The van der Waals surface area contributed by atoms with Gasteiger partial charge in [0.25, 0.3) is 0 Å². The molecule has 0 saturated heterocycles. The van der Waals surface area contributed by atoms with Crippen LogP contribution in [0.5, 0.6) is 0 Å². The molecule has 1 aromatic rings. The zero-order valence-corrected chi connectivity index (χ0v) is 13.0. The SMILES string of the molecule is Cc1ccc(S(=O)(=O)CCOC2CCCCC2C)nc1. The predicted molar refractivity (Wildman–Crippen MR) is 78.4 cm³/mol. The van der Waals surface area contributed by atoms with Crippen LogP contribution in [0, 0.1) is 12.8 Å². The Bertz CT molecular complexity index is 525. The van der Waals surface area contributed by atoms with Crippen molar-refractivity contribution in [2.24, 2.45) is 5.92 Å². The fourth-order valence-corrected chi connectivity index (χ4v) is 3.60. The summed E-state index contributed by atoms with van der Waals surface area (Å²) in [7, 11) is -3.33. The minimum Gasteiger partial charge on any atom is -0.377 e. The minimum atomic E-state index is -3.33. The van der Waals surface area contributed by atoms with E-state index in [1.165, 1.54) is 19.3 Å². The van der Waals surface area contributed by atoms with E-state index in [9.17, 15) is 8.42 Å². The molecule has 0 aliphatic heterocycles. The van der Waals surface area contributed by atoms with Crippen LogP contribution in [0.15, 0.2) is 23.4 Å². The molecule has 1 saturated carbocycles. The topological polar surface area (TPSA) is 56.3 Å². The van der Waals surface area contributed by atoms with Crippen LogP contribution in [0.4, 0.5) is 0 Å². The maximum atomic E-state index is 12.1. The average molecular weight is 297 g/mol. The zero-order valence-electron chi connectivity index (χ0n) is 12.2. The summed E-state index contributed by atoms with van der Waals surface area (Å²) < 4.78 is 30.0. The molecule has 2 atom stereocenters. The second kappa shape index (κ2) is 6.68. The standard InChI is InChI=1S/C15H23NO3S/c1-12-7-8-15(16-11-12)20(17,18)10-9-19-14-6-4-3-5-13(14)2/h7-8,11,13-14H,3-6,9-10H2,1-2H3. The summed E-state index contributed by atoms with van der Waals surface area (Å²) in [6, 6.07) is 3.33. The molecule has 0 radical (unpaired) electrons. The molecule has 0 aromatic carbocycles. The Morgan fingerprint density at radius 3 is 2.70 bits per heavy atom. The van der Waals surface area contributed by atoms with Crippen molar-refractivity contribution < 1.29 is 13.2 Å². The molecule has 0 amide bonds. The first kappa shape index (κ1) is 15.4. The first-order valence-electron chi connectivity index (χ1n) is 7.26. The van der Waals surface area contributed by atoms with Crippen LogP contribution in [-0.2, 0) is 14.6 Å². The van der Waals surface area contributed by atoms with Crippen molar-refractivity contribution in [1.82, 2.24) is 4.98 Å². The molecular formula is C15H23NO3S. The molecule has 2 unspecified atom stereocenters. The number of hydrogen-bond donors (Lipinski definition) is 0. The summed E-state index contributed by atoms with van der Waals surface area (Å²) >= 11 is 0. The third-order valence-electron chi connectivity index (χ3n) is 3.92. The minimum absolute atomic E-state index is 0.00623. The van der Waals surface area contributed by atoms with Gasteiger partial charge in [-0.25, -0.2) is 13.4 Å². The van der Waals surface area contributed by atoms with Gasteiger partial charge in [-0.1, -0.05) is 25.8 Å². The van der Waals surface area contributed by atoms with Gasteiger partial charge in [0.2, 0.25) is 0 Å². The Labute approximate surface area is 121 Å². The number of rotatable bonds is 5. The molecule has 4 nitrogen and oxygen atoms in total. The maximum absolute atomic E-state index is 12.1. The van der Waals surface area contributed by atoms with Crippen LogP contribution in [0.3, 0.4) is 0 Å². The smallest absolute Gasteiger partial charge is 0.197 e. The number of pyridine rings is 1. The van der Waals surface area contributed by atoms with E-state index in [-0.39, 0.29) is 23.5 Å². The van der Waals surface area contributed by atoms with E-state index >= 15 is 0 Å². The lowest BCUT2D eigenvalue weighted by atomic mass is 9.88. The maximum Gasteiger partial charge on any atom is 0.197 e. The lowest BCUT2D eigenvalue weighted by molar-refractivity contribution is 0.00301. The number of sulfone groups is 1. The lowest BCUT2D eigenvalue weighted by Crippen LogP contribution is -2.27. The van der Waals surface area contributed by atoms with Crippen LogP contribution in [0.25, 0.3) is 0 Å². The Kier molecular flexibility index (Phi) is 5.16. The number of aryl methyl sites for hydroxylation is 1. The third-order valence-corrected chi connectivity index (χ3v) is 5.50. The van der Waals surface area contributed by atoms with Crippen molar-refractivity contribution in [3.05, 3.63) is 23.9 Å². The Morgan fingerprint density at radius 2 is 2.05 bits per heavy atom. The molecule has 0 bridgehead atoms. The highest BCUT2D eigenvalue weighted by molar-refractivity contribution is 7.91. The fraction of sp³-hybridized carbons (Fsp3) is 0.667. The van der Waals surface area contributed by atoms with E-state index in [1.807, 2.05) is 6.92 Å². The van der Waals surface area contributed by atoms with Gasteiger partial charge in [-0.05, 0) is 37.3 Å². The molecule has 1 aromatic heterocycles. The molecule has 1 aliphatic rings. The molecule has 0 N–H and O–H groups in total. The van der Waals surface area contributed by atoms with Gasteiger partial charge in [0.1, 0.15) is 0 Å². The highest BCUT2D eigenvalue weighted by Crippen LogP contribution is 2.26. The van der Waals surface area contributed by atoms with Crippen LogP contribution in [-0.4, -0.2) is 31.9 Å². The molecule has 0 spiro atoms. The molecular weight excluding hydrogens is 274 g/mol. The highest BCUT2D eigenvalue weighted by Gasteiger charge is 2.23. The highest BCUT2D eigenvalue weighted by atomic mass is 32.2. The predicted octanol–water partition coefficient (Wildman–Crippen LogP) is 2.76. The summed E-state index contributed by atoms with van der Waals surface area (Å²) in [6.45, 7) is 4.32. The van der Waals surface area contributed by atoms with E-state index in [2.05, 4.69) is 11.9 Å². The Morgan fingerprint density at radius 1 is 1.30 bits per heavy atom. The fourth-order valence-electron chi connectivity index (χ4n) is 2.58. The van der Waals surface area contributed by atoms with Gasteiger partial charge in [-0.15, -0.1) is 0 Å². The molecule has 1 heterocycles. The van der Waals surface area contributed by atoms with Gasteiger partial charge >= 0.3 is 0 Å². The molecule has 112 valence electrons. The monoisotopic (exact) mass is 297 g/mol. The van der Waals surface area contributed by atoms with Gasteiger partial charge in [0.15, 0.2) is 14.9 Å². The first-order chi connectivity index (χ1) is 9.49. The van der Waals surface area contributed by atoms with E-state index in [0.29, 0.717) is 5.92 Å². The number of hydrogen-bond acceptors (Lipinski definition) is 4. The van der Waals surface area contributed by atoms with Crippen LogP contribution in [0.2, 0.25) is 0 Å². The molecule has 1 fully saturated rings. The Hall–Kier alpha value is -0.940. The van der Waals surface area contributed by atoms with E-state index in [1.54, 1.807) is 18.3 Å². The van der Waals surface area contributed by atoms with Crippen molar-refractivity contribution in [2.75, 3.05) is 12.4 Å². The normalized spacial score (nSPS) is 23.7. The van der Waals surface area contributed by atoms with Gasteiger partial charge in [-0.3, -0.25) is 0 Å². The first-order valence-corrected chi connectivity index (χ1v) is 8.91. The lowest BCUT2D eigenvalue weighted by Gasteiger charge is -2.28. The molecule has 5 heteroatoms.